The lowest BCUT2D eigenvalue weighted by Crippen LogP contribution is -2.17. The predicted molar refractivity (Wildman–Crippen MR) is 229 cm³/mol. The lowest BCUT2D eigenvalue weighted by Gasteiger charge is -2.31. The second kappa shape index (κ2) is 26.3. The highest BCUT2D eigenvalue weighted by atomic mass is 16.5. The summed E-state index contributed by atoms with van der Waals surface area (Å²) >= 11 is 0. The molecule has 0 amide bonds. The van der Waals surface area contributed by atoms with E-state index in [1.807, 2.05) is 0 Å². The zero-order valence-corrected chi connectivity index (χ0v) is 34.7. The van der Waals surface area contributed by atoms with Crippen LogP contribution < -0.4 is 9.47 Å². The molecule has 0 N–H and O–H groups in total. The molecule has 0 aliphatic heterocycles. The van der Waals surface area contributed by atoms with Crippen molar-refractivity contribution < 1.29 is 14.2 Å². The van der Waals surface area contributed by atoms with Gasteiger partial charge in [-0.3, -0.25) is 0 Å². The van der Waals surface area contributed by atoms with Crippen molar-refractivity contribution in [2.24, 2.45) is 23.7 Å². The average molecular weight is 727 g/mol. The Morgan fingerprint density at radius 2 is 0.830 bits per heavy atom. The summed E-state index contributed by atoms with van der Waals surface area (Å²) in [6.07, 6.45) is 33.6. The van der Waals surface area contributed by atoms with Gasteiger partial charge in [0.1, 0.15) is 11.5 Å². The second-order valence-electron chi connectivity index (χ2n) is 16.4. The van der Waals surface area contributed by atoms with Crippen molar-refractivity contribution in [1.82, 2.24) is 0 Å². The van der Waals surface area contributed by atoms with Gasteiger partial charge in [-0.25, -0.2) is 0 Å². The summed E-state index contributed by atoms with van der Waals surface area (Å²) in [6.45, 7) is 12.0. The minimum atomic E-state index is 0.610. The van der Waals surface area contributed by atoms with Gasteiger partial charge in [-0.1, -0.05) is 141 Å². The van der Waals surface area contributed by atoms with Gasteiger partial charge in [0.15, 0.2) is 0 Å². The Morgan fingerprint density at radius 3 is 1.19 bits per heavy atom. The topological polar surface area (TPSA) is 27.7 Å². The molecule has 296 valence electrons. The summed E-state index contributed by atoms with van der Waals surface area (Å²) in [5, 5.41) is 0. The highest BCUT2D eigenvalue weighted by Gasteiger charge is 2.26. The third kappa shape index (κ3) is 16.0. The van der Waals surface area contributed by atoms with Crippen LogP contribution in [-0.4, -0.2) is 26.4 Å². The molecule has 2 aromatic rings. The molecule has 2 saturated carbocycles. The molecular weight excluding hydrogens is 649 g/mol. The smallest absolute Gasteiger partial charge is 0.119 e. The summed E-state index contributed by atoms with van der Waals surface area (Å²) in [4.78, 5) is 0. The fraction of sp³-hybridized carbons (Fsp3) is 0.680. The minimum absolute atomic E-state index is 0.610. The Balaban J connectivity index is 1.43. The normalized spacial score (nSPS) is 21.1. The first-order valence-corrected chi connectivity index (χ1v) is 22.6. The number of benzene rings is 2. The number of unbranched alkanes of at least 4 members (excludes halogenated alkanes) is 8. The zero-order valence-electron chi connectivity index (χ0n) is 34.7. The first-order chi connectivity index (χ1) is 26.1. The predicted octanol–water partition coefficient (Wildman–Crippen LogP) is 15.1. The highest BCUT2D eigenvalue weighted by molar-refractivity contribution is 5.69. The molecule has 0 spiro atoms. The lowest BCUT2D eigenvalue weighted by molar-refractivity contribution is 0.193. The van der Waals surface area contributed by atoms with Crippen molar-refractivity contribution in [3.63, 3.8) is 0 Å². The zero-order chi connectivity index (χ0) is 37.4. The standard InChI is InChI=1S/C50H78O3/c1-5-9-13-17-41-19-23-43(24-20-41)49(45-27-31-47(32-28-45)52-37-15-11-7-3)35-39-51-40-36-50(44-25-21-42(22-26-44)18-14-10-6-2)46-29-33-48(34-30-46)53-38-16-12-8-4/h27-36,41-44H,5-26,37-40H2,1-4H3/t41-,42-,43-,44-. The molecular formula is C50H78O3. The first-order valence-electron chi connectivity index (χ1n) is 22.6. The van der Waals surface area contributed by atoms with Crippen LogP contribution in [0.5, 0.6) is 11.5 Å². The molecule has 2 aliphatic rings. The third-order valence-corrected chi connectivity index (χ3v) is 12.3. The monoisotopic (exact) mass is 727 g/mol. The fourth-order valence-electron chi connectivity index (χ4n) is 8.87. The fourth-order valence-corrected chi connectivity index (χ4v) is 8.87. The Hall–Kier alpha value is -2.52. The van der Waals surface area contributed by atoms with Crippen molar-refractivity contribution in [3.8, 4) is 11.5 Å². The van der Waals surface area contributed by atoms with Gasteiger partial charge in [-0.05, 0) is 134 Å². The average Bonchev–Trinajstić information content (AvgIpc) is 3.20. The number of allylic oxidation sites excluding steroid dienone is 2. The van der Waals surface area contributed by atoms with Crippen molar-refractivity contribution in [2.45, 2.75) is 169 Å². The molecule has 2 aromatic carbocycles. The van der Waals surface area contributed by atoms with Crippen molar-refractivity contribution in [2.75, 3.05) is 26.4 Å². The lowest BCUT2D eigenvalue weighted by atomic mass is 9.75. The van der Waals surface area contributed by atoms with Gasteiger partial charge in [0.05, 0.1) is 26.4 Å². The van der Waals surface area contributed by atoms with Crippen LogP contribution in [0.4, 0.5) is 0 Å². The largest absolute Gasteiger partial charge is 0.494 e. The van der Waals surface area contributed by atoms with E-state index in [2.05, 4.69) is 88.4 Å². The molecule has 2 aliphatic carbocycles. The van der Waals surface area contributed by atoms with E-state index < -0.39 is 0 Å². The molecule has 0 bridgehead atoms. The van der Waals surface area contributed by atoms with Crippen LogP contribution in [0.2, 0.25) is 0 Å². The molecule has 3 heteroatoms. The second-order valence-corrected chi connectivity index (χ2v) is 16.4. The van der Waals surface area contributed by atoms with Gasteiger partial charge in [0.2, 0.25) is 0 Å². The van der Waals surface area contributed by atoms with E-state index in [0.29, 0.717) is 25.0 Å². The number of hydrogen-bond acceptors (Lipinski definition) is 3. The summed E-state index contributed by atoms with van der Waals surface area (Å²) in [5.74, 6) is 5.02. The van der Waals surface area contributed by atoms with E-state index in [9.17, 15) is 0 Å². The summed E-state index contributed by atoms with van der Waals surface area (Å²) in [5.41, 5.74) is 5.64. The SMILES string of the molecule is CCCCCOc1ccc(C(=CCOCC=C(c2ccc(OCCCCC)cc2)[C@H]2CC[C@H](CCCCC)CC2)[C@H]2CC[C@H](CCCCC)CC2)cc1. The van der Waals surface area contributed by atoms with E-state index in [0.717, 1.165) is 49.4 Å². The van der Waals surface area contributed by atoms with Gasteiger partial charge in [0.25, 0.3) is 0 Å². The summed E-state index contributed by atoms with van der Waals surface area (Å²) in [7, 11) is 0. The number of rotatable bonds is 26. The van der Waals surface area contributed by atoms with E-state index in [1.165, 1.54) is 151 Å². The Labute approximate surface area is 326 Å². The van der Waals surface area contributed by atoms with Crippen LogP contribution >= 0.6 is 0 Å². The molecule has 0 atom stereocenters. The summed E-state index contributed by atoms with van der Waals surface area (Å²) < 4.78 is 18.6. The van der Waals surface area contributed by atoms with Crippen molar-refractivity contribution >= 4 is 11.1 Å². The number of hydrogen-bond donors (Lipinski definition) is 0. The maximum atomic E-state index is 6.49. The molecule has 0 unspecified atom stereocenters. The van der Waals surface area contributed by atoms with Crippen LogP contribution in [0.1, 0.15) is 180 Å². The maximum absolute atomic E-state index is 6.49. The molecule has 0 radical (unpaired) electrons. The number of ether oxygens (including phenoxy) is 3. The van der Waals surface area contributed by atoms with E-state index >= 15 is 0 Å². The molecule has 2 fully saturated rings. The van der Waals surface area contributed by atoms with Gasteiger partial charge >= 0.3 is 0 Å². The van der Waals surface area contributed by atoms with Crippen LogP contribution in [0, 0.1) is 23.7 Å². The molecule has 0 heterocycles. The molecule has 0 aromatic heterocycles. The molecule has 0 saturated heterocycles. The van der Waals surface area contributed by atoms with Crippen LogP contribution in [-0.2, 0) is 4.74 Å². The highest BCUT2D eigenvalue weighted by Crippen LogP contribution is 2.41. The molecule has 4 rings (SSSR count). The van der Waals surface area contributed by atoms with E-state index in [-0.39, 0.29) is 0 Å². The van der Waals surface area contributed by atoms with Gasteiger partial charge < -0.3 is 14.2 Å². The van der Waals surface area contributed by atoms with Crippen LogP contribution in [0.3, 0.4) is 0 Å². The Bertz CT molecular complexity index is 1160. The minimum Gasteiger partial charge on any atom is -0.494 e. The van der Waals surface area contributed by atoms with Crippen LogP contribution in [0.25, 0.3) is 11.1 Å². The van der Waals surface area contributed by atoms with Crippen molar-refractivity contribution in [1.29, 1.82) is 0 Å². The first kappa shape index (κ1) is 43.2. The van der Waals surface area contributed by atoms with Crippen molar-refractivity contribution in [3.05, 3.63) is 71.8 Å². The van der Waals surface area contributed by atoms with Gasteiger partial charge in [-0.2, -0.15) is 0 Å². The quantitative estimate of drug-likeness (QED) is 0.0904. The third-order valence-electron chi connectivity index (χ3n) is 12.3. The van der Waals surface area contributed by atoms with Gasteiger partial charge in [0, 0.05) is 0 Å². The van der Waals surface area contributed by atoms with E-state index in [1.54, 1.807) is 0 Å². The van der Waals surface area contributed by atoms with Gasteiger partial charge in [-0.15, -0.1) is 0 Å². The Kier molecular flexibility index (Phi) is 21.5. The van der Waals surface area contributed by atoms with Crippen LogP contribution in [0.15, 0.2) is 60.7 Å². The summed E-state index contributed by atoms with van der Waals surface area (Å²) in [6, 6.07) is 17.9. The molecule has 3 nitrogen and oxygen atoms in total. The maximum Gasteiger partial charge on any atom is 0.119 e. The van der Waals surface area contributed by atoms with E-state index in [4.69, 9.17) is 14.2 Å². The Morgan fingerprint density at radius 1 is 0.472 bits per heavy atom. The molecule has 53 heavy (non-hydrogen) atoms.